The van der Waals surface area contributed by atoms with E-state index in [4.69, 9.17) is 0 Å². The minimum Gasteiger partial charge on any atom is -0.480 e. The van der Waals surface area contributed by atoms with Crippen molar-refractivity contribution in [3.05, 3.63) is 62.9 Å². The first-order chi connectivity index (χ1) is 13.1. The third-order valence-corrected chi connectivity index (χ3v) is 7.07. The largest absolute Gasteiger partial charge is 0.480 e. The van der Waals surface area contributed by atoms with E-state index < -0.39 is 12.0 Å². The van der Waals surface area contributed by atoms with Gasteiger partial charge in [0.2, 0.25) is 0 Å². The molecule has 0 unspecified atom stereocenters. The van der Waals surface area contributed by atoms with Gasteiger partial charge in [0.25, 0.3) is 5.56 Å². The third-order valence-electron chi connectivity index (χ3n) is 5.89. The van der Waals surface area contributed by atoms with Crippen molar-refractivity contribution in [1.29, 1.82) is 0 Å². The summed E-state index contributed by atoms with van der Waals surface area (Å²) in [7, 11) is 0. The van der Waals surface area contributed by atoms with Crippen molar-refractivity contribution < 1.29 is 9.90 Å². The molecule has 1 atom stereocenters. The van der Waals surface area contributed by atoms with Crippen molar-refractivity contribution in [2.24, 2.45) is 0 Å². The number of hydrogen-bond donors (Lipinski definition) is 1. The van der Waals surface area contributed by atoms with Gasteiger partial charge < -0.3 is 5.11 Å². The molecule has 3 aliphatic rings. The maximum atomic E-state index is 12.7. The first kappa shape index (κ1) is 17.1. The summed E-state index contributed by atoms with van der Waals surface area (Å²) in [6.45, 7) is 2.66. The van der Waals surface area contributed by atoms with Crippen LogP contribution < -0.4 is 5.56 Å². The second-order valence-electron chi connectivity index (χ2n) is 7.77. The number of carbonyl (C=O) groups is 1. The molecule has 2 aliphatic heterocycles. The van der Waals surface area contributed by atoms with Gasteiger partial charge in [0, 0.05) is 31.5 Å². The molecule has 0 spiro atoms. The average molecular weight is 382 g/mol. The number of carboxylic acids is 1. The first-order valence-corrected chi connectivity index (χ1v) is 10.5. The fourth-order valence-corrected chi connectivity index (χ4v) is 5.81. The second-order valence-corrected chi connectivity index (χ2v) is 8.77. The van der Waals surface area contributed by atoms with Crippen molar-refractivity contribution in [1.82, 2.24) is 9.47 Å². The number of nitrogens with zero attached hydrogens (tertiary/aromatic N) is 2. The van der Waals surface area contributed by atoms with Gasteiger partial charge in [-0.25, -0.2) is 4.79 Å². The molecule has 1 fully saturated rings. The highest BCUT2D eigenvalue weighted by Gasteiger charge is 2.37. The molecule has 1 aliphatic carbocycles. The maximum absolute atomic E-state index is 12.7. The molecular formula is C21H22N2O3S. The van der Waals surface area contributed by atoms with Crippen LogP contribution in [0.15, 0.2) is 40.2 Å². The van der Waals surface area contributed by atoms with Crippen molar-refractivity contribution in [3.63, 3.8) is 0 Å². The summed E-state index contributed by atoms with van der Waals surface area (Å²) >= 11 is 1.54. The summed E-state index contributed by atoms with van der Waals surface area (Å²) in [5, 5.41) is 10.4. The highest BCUT2D eigenvalue weighted by atomic mass is 32.2. The normalized spacial score (nSPS) is 21.7. The van der Waals surface area contributed by atoms with E-state index in [1.807, 2.05) is 0 Å². The number of thioether (sulfide) groups is 1. The predicted octanol–water partition coefficient (Wildman–Crippen LogP) is 3.02. The number of aromatic nitrogens is 1. The van der Waals surface area contributed by atoms with Gasteiger partial charge in [-0.1, -0.05) is 24.3 Å². The van der Waals surface area contributed by atoms with Gasteiger partial charge in [-0.3, -0.25) is 14.3 Å². The van der Waals surface area contributed by atoms with Crippen LogP contribution in [0, 0.1) is 0 Å². The van der Waals surface area contributed by atoms with Gasteiger partial charge in [-0.2, -0.15) is 0 Å². The van der Waals surface area contributed by atoms with Crippen LogP contribution in [-0.4, -0.2) is 32.8 Å². The van der Waals surface area contributed by atoms with E-state index in [0.29, 0.717) is 11.7 Å². The Bertz CT molecular complexity index is 980. The zero-order chi connectivity index (χ0) is 18.5. The lowest BCUT2D eigenvalue weighted by atomic mass is 9.98. The number of fused-ring (bicyclic) bond motifs is 2. The summed E-state index contributed by atoms with van der Waals surface area (Å²) < 4.78 is 1.52. The smallest absolute Gasteiger partial charge is 0.327 e. The van der Waals surface area contributed by atoms with Gasteiger partial charge >= 0.3 is 5.97 Å². The van der Waals surface area contributed by atoms with Gasteiger partial charge in [0.15, 0.2) is 0 Å². The van der Waals surface area contributed by atoms with Crippen LogP contribution in [0.5, 0.6) is 0 Å². The zero-order valence-corrected chi connectivity index (χ0v) is 15.9. The highest BCUT2D eigenvalue weighted by Crippen LogP contribution is 2.48. The van der Waals surface area contributed by atoms with Crippen LogP contribution >= 0.6 is 11.8 Å². The Morgan fingerprint density at radius 2 is 2.00 bits per heavy atom. The minimum absolute atomic E-state index is 0.167. The van der Waals surface area contributed by atoms with Crippen molar-refractivity contribution in [3.8, 4) is 0 Å². The molecule has 140 valence electrons. The van der Waals surface area contributed by atoms with E-state index in [1.165, 1.54) is 21.3 Å². The van der Waals surface area contributed by atoms with Crippen LogP contribution in [0.1, 0.15) is 47.1 Å². The number of aliphatic carboxylic acids is 1. The van der Waals surface area contributed by atoms with E-state index >= 15 is 0 Å². The topological polar surface area (TPSA) is 62.5 Å². The van der Waals surface area contributed by atoms with Crippen molar-refractivity contribution >= 4 is 17.7 Å². The van der Waals surface area contributed by atoms with Crippen molar-refractivity contribution in [2.75, 3.05) is 12.3 Å². The lowest BCUT2D eigenvalue weighted by Gasteiger charge is -2.29. The highest BCUT2D eigenvalue weighted by molar-refractivity contribution is 7.99. The van der Waals surface area contributed by atoms with E-state index in [0.717, 1.165) is 49.5 Å². The first-order valence-electron chi connectivity index (χ1n) is 9.55. The number of carboxylic acid groups (broad SMARTS) is 1. The molecule has 3 heterocycles. The third kappa shape index (κ3) is 3.01. The molecule has 0 saturated heterocycles. The summed E-state index contributed by atoms with van der Waals surface area (Å²) in [6.07, 6.45) is 3.31. The number of hydrogen-bond acceptors (Lipinski definition) is 4. The van der Waals surface area contributed by atoms with E-state index in [-0.39, 0.29) is 5.56 Å². The lowest BCUT2D eigenvalue weighted by Crippen LogP contribution is -2.33. The molecule has 6 heteroatoms. The summed E-state index contributed by atoms with van der Waals surface area (Å²) in [6, 6.07) is 9.55. The second kappa shape index (κ2) is 6.53. The molecule has 0 bridgehead atoms. The molecule has 0 amide bonds. The van der Waals surface area contributed by atoms with Crippen LogP contribution in [0.4, 0.5) is 0 Å². The molecular weight excluding hydrogens is 360 g/mol. The van der Waals surface area contributed by atoms with Crippen LogP contribution in [0.3, 0.4) is 0 Å². The Kier molecular flexibility index (Phi) is 4.13. The molecule has 1 N–H and O–H groups in total. The van der Waals surface area contributed by atoms with Gasteiger partial charge in [0.1, 0.15) is 6.04 Å². The van der Waals surface area contributed by atoms with E-state index in [2.05, 4.69) is 29.2 Å². The minimum atomic E-state index is -0.912. The van der Waals surface area contributed by atoms with E-state index in [9.17, 15) is 14.7 Å². The van der Waals surface area contributed by atoms with Gasteiger partial charge in [-0.15, -0.1) is 11.8 Å². The Morgan fingerprint density at radius 3 is 2.74 bits per heavy atom. The Morgan fingerprint density at radius 1 is 1.22 bits per heavy atom. The molecule has 27 heavy (non-hydrogen) atoms. The fraction of sp³-hybridized carbons (Fsp3) is 0.429. The average Bonchev–Trinajstić information content (AvgIpc) is 3.38. The lowest BCUT2D eigenvalue weighted by molar-refractivity contribution is -0.140. The van der Waals surface area contributed by atoms with E-state index in [1.54, 1.807) is 17.8 Å². The van der Waals surface area contributed by atoms with Crippen LogP contribution in [0.25, 0.3) is 0 Å². The number of pyridine rings is 1. The predicted molar refractivity (Wildman–Crippen MR) is 104 cm³/mol. The summed E-state index contributed by atoms with van der Waals surface area (Å²) in [5.74, 6) is 0.0228. The molecule has 5 nitrogen and oxygen atoms in total. The quantitative estimate of drug-likeness (QED) is 0.881. The van der Waals surface area contributed by atoms with Gasteiger partial charge in [-0.05, 0) is 47.4 Å². The molecule has 5 rings (SSSR count). The monoisotopic (exact) mass is 382 g/mol. The van der Waals surface area contributed by atoms with Crippen LogP contribution in [-0.2, 0) is 24.3 Å². The zero-order valence-electron chi connectivity index (χ0n) is 15.1. The van der Waals surface area contributed by atoms with Crippen molar-refractivity contribution in [2.45, 2.75) is 49.3 Å². The summed E-state index contributed by atoms with van der Waals surface area (Å²) in [4.78, 5) is 26.7. The standard InChI is InChI=1S/C21H22N2O3S/c24-18-9-16(11-22-8-7-13-3-1-2-4-15(13)10-22)19(14-5-6-14)20-23(18)17(12-27-20)21(25)26/h1-4,9,14,17H,5-8,10-12H2,(H,25,26)/t17-/m0/s1. The Hall–Kier alpha value is -2.05. The molecule has 1 aromatic carbocycles. The molecule has 1 aromatic heterocycles. The number of benzene rings is 1. The number of rotatable bonds is 4. The Balaban J connectivity index is 1.50. The maximum Gasteiger partial charge on any atom is 0.327 e. The van der Waals surface area contributed by atoms with Crippen LogP contribution in [0.2, 0.25) is 0 Å². The molecule has 0 radical (unpaired) electrons. The SMILES string of the molecule is O=C(O)[C@@H]1CSc2c(C3CC3)c(CN3CCc4ccccc4C3)cc(=O)n21. The summed E-state index contributed by atoms with van der Waals surface area (Å²) in [5.41, 5.74) is 4.97. The molecule has 2 aromatic rings. The molecule has 1 saturated carbocycles. The Labute approximate surface area is 162 Å². The van der Waals surface area contributed by atoms with Gasteiger partial charge in [0.05, 0.1) is 5.03 Å². The fourth-order valence-electron chi connectivity index (χ4n) is 4.39.